The summed E-state index contributed by atoms with van der Waals surface area (Å²) in [6, 6.07) is 67.8. The first-order valence-electron chi connectivity index (χ1n) is 17.5. The van der Waals surface area contributed by atoms with Gasteiger partial charge in [0, 0.05) is 50.0 Å². The van der Waals surface area contributed by atoms with Crippen molar-refractivity contribution in [2.45, 2.75) is 0 Å². The predicted molar refractivity (Wildman–Crippen MR) is 216 cm³/mol. The molecule has 2 aromatic heterocycles. The van der Waals surface area contributed by atoms with Crippen molar-refractivity contribution in [3.8, 4) is 11.1 Å². The van der Waals surface area contributed by atoms with Crippen LogP contribution in [-0.2, 0) is 0 Å². The molecule has 0 N–H and O–H groups in total. The van der Waals surface area contributed by atoms with Gasteiger partial charge in [-0.3, -0.25) is 0 Å². The van der Waals surface area contributed by atoms with E-state index in [-0.39, 0.29) is 0 Å². The highest BCUT2D eigenvalue weighted by Crippen LogP contribution is 2.47. The van der Waals surface area contributed by atoms with E-state index in [1.54, 1.807) is 0 Å². The highest BCUT2D eigenvalue weighted by Gasteiger charge is 2.24. The average Bonchev–Trinajstić information content (AvgIpc) is 3.78. The quantitative estimate of drug-likeness (QED) is 0.169. The molecule has 246 valence electrons. The van der Waals surface area contributed by atoms with Crippen molar-refractivity contribution in [1.82, 2.24) is 0 Å². The lowest BCUT2D eigenvalue weighted by atomic mass is 10.00. The van der Waals surface area contributed by atoms with Crippen molar-refractivity contribution in [2.24, 2.45) is 0 Å². The molecule has 0 aliphatic heterocycles. The first-order valence-corrected chi connectivity index (χ1v) is 17.5. The number of hydrogen-bond donors (Lipinski definition) is 0. The van der Waals surface area contributed by atoms with Gasteiger partial charge < -0.3 is 18.6 Å². The van der Waals surface area contributed by atoms with Gasteiger partial charge in [-0.15, -0.1) is 0 Å². The van der Waals surface area contributed by atoms with E-state index < -0.39 is 0 Å². The molecule has 0 saturated heterocycles. The SMILES string of the molecule is c1ccc(N(c2ccccc2)c2cc(N(c3ccccc3)c3ccccc3)c3oc4ccc(-c5ccc6oc7ccccc7c6c5)cc4c3c2)cc1. The van der Waals surface area contributed by atoms with Crippen LogP contribution in [0.2, 0.25) is 0 Å². The van der Waals surface area contributed by atoms with Gasteiger partial charge in [-0.2, -0.15) is 0 Å². The van der Waals surface area contributed by atoms with E-state index in [0.717, 1.165) is 89.1 Å². The van der Waals surface area contributed by atoms with Crippen molar-refractivity contribution in [1.29, 1.82) is 0 Å². The fourth-order valence-corrected chi connectivity index (χ4v) is 7.41. The van der Waals surface area contributed by atoms with Gasteiger partial charge in [0.1, 0.15) is 16.7 Å². The molecule has 0 atom stereocenters. The maximum atomic E-state index is 6.88. The summed E-state index contributed by atoms with van der Waals surface area (Å²) in [4.78, 5) is 4.61. The predicted octanol–water partition coefficient (Wildman–Crippen LogP) is 14.1. The van der Waals surface area contributed by atoms with Crippen molar-refractivity contribution in [3.05, 3.63) is 194 Å². The standard InChI is InChI=1S/C48H32N2O2/c1-5-15-35(16-6-1)49(36-17-7-2-8-18-36)39-31-43-42-30-34(33-25-27-46-41(29-33)40-23-13-14-24-45(40)51-46)26-28-47(42)52-48(43)44(32-39)50(37-19-9-3-10-20-37)38-21-11-4-12-22-38/h1-32H. The highest BCUT2D eigenvalue weighted by atomic mass is 16.3. The van der Waals surface area contributed by atoms with Crippen LogP contribution in [0, 0.1) is 0 Å². The van der Waals surface area contributed by atoms with E-state index in [1.807, 2.05) is 12.1 Å². The van der Waals surface area contributed by atoms with Crippen molar-refractivity contribution in [3.63, 3.8) is 0 Å². The molecule has 0 aliphatic rings. The second-order valence-electron chi connectivity index (χ2n) is 13.0. The van der Waals surface area contributed by atoms with Crippen LogP contribution in [0.15, 0.2) is 203 Å². The second-order valence-corrected chi connectivity index (χ2v) is 13.0. The molecule has 10 aromatic rings. The van der Waals surface area contributed by atoms with Crippen LogP contribution in [-0.4, -0.2) is 0 Å². The van der Waals surface area contributed by atoms with Crippen LogP contribution >= 0.6 is 0 Å². The summed E-state index contributed by atoms with van der Waals surface area (Å²) in [6.45, 7) is 0. The van der Waals surface area contributed by atoms with Crippen molar-refractivity contribution >= 4 is 78.0 Å². The first-order chi connectivity index (χ1) is 25.8. The normalized spacial score (nSPS) is 11.5. The maximum absolute atomic E-state index is 6.88. The molecule has 0 unspecified atom stereocenters. The van der Waals surface area contributed by atoms with Crippen molar-refractivity contribution < 1.29 is 8.83 Å². The van der Waals surface area contributed by atoms with Gasteiger partial charge >= 0.3 is 0 Å². The maximum Gasteiger partial charge on any atom is 0.159 e. The molecule has 10 rings (SSSR count). The third-order valence-electron chi connectivity index (χ3n) is 9.80. The smallest absolute Gasteiger partial charge is 0.159 e. The largest absolute Gasteiger partial charge is 0.456 e. The van der Waals surface area contributed by atoms with Gasteiger partial charge in [0.15, 0.2) is 5.58 Å². The Morgan fingerprint density at radius 2 is 0.731 bits per heavy atom. The number of fused-ring (bicyclic) bond motifs is 6. The monoisotopic (exact) mass is 668 g/mol. The van der Waals surface area contributed by atoms with E-state index >= 15 is 0 Å². The summed E-state index contributed by atoms with van der Waals surface area (Å²) in [7, 11) is 0. The molecular formula is C48H32N2O2. The van der Waals surface area contributed by atoms with E-state index in [2.05, 4.69) is 192 Å². The fourth-order valence-electron chi connectivity index (χ4n) is 7.41. The Hall–Kier alpha value is -7.04. The molecule has 52 heavy (non-hydrogen) atoms. The summed E-state index contributed by atoms with van der Waals surface area (Å²) in [5.74, 6) is 0. The lowest BCUT2D eigenvalue weighted by Crippen LogP contribution is -2.13. The average molecular weight is 669 g/mol. The van der Waals surface area contributed by atoms with E-state index in [9.17, 15) is 0 Å². The Kier molecular flexibility index (Phi) is 7.10. The van der Waals surface area contributed by atoms with Gasteiger partial charge in [-0.25, -0.2) is 0 Å². The molecule has 8 aromatic carbocycles. The Bertz CT molecular complexity index is 2760. The zero-order valence-electron chi connectivity index (χ0n) is 28.2. The summed E-state index contributed by atoms with van der Waals surface area (Å²) >= 11 is 0. The fraction of sp³-hybridized carbons (Fsp3) is 0. The van der Waals surface area contributed by atoms with E-state index in [0.29, 0.717) is 0 Å². The third-order valence-corrected chi connectivity index (χ3v) is 9.80. The molecule has 0 amide bonds. The highest BCUT2D eigenvalue weighted by molar-refractivity contribution is 6.13. The molecule has 0 radical (unpaired) electrons. The number of hydrogen-bond acceptors (Lipinski definition) is 4. The van der Waals surface area contributed by atoms with Crippen LogP contribution < -0.4 is 9.80 Å². The number of nitrogens with zero attached hydrogens (tertiary/aromatic N) is 2. The minimum absolute atomic E-state index is 0.820. The topological polar surface area (TPSA) is 32.8 Å². The van der Waals surface area contributed by atoms with Crippen LogP contribution in [0.5, 0.6) is 0 Å². The molecular weight excluding hydrogens is 637 g/mol. The van der Waals surface area contributed by atoms with Crippen LogP contribution in [0.4, 0.5) is 34.1 Å². The second kappa shape index (κ2) is 12.4. The summed E-state index contributed by atoms with van der Waals surface area (Å²) in [5.41, 5.74) is 11.9. The zero-order chi connectivity index (χ0) is 34.4. The lowest BCUT2D eigenvalue weighted by molar-refractivity contribution is 0.668. The Balaban J connectivity index is 1.25. The molecule has 0 aliphatic carbocycles. The summed E-state index contributed by atoms with van der Waals surface area (Å²) in [6.07, 6.45) is 0. The zero-order valence-corrected chi connectivity index (χ0v) is 28.2. The number of furan rings is 2. The summed E-state index contributed by atoms with van der Waals surface area (Å²) < 4.78 is 13.0. The Labute approximate surface area is 301 Å². The van der Waals surface area contributed by atoms with Gasteiger partial charge in [-0.1, -0.05) is 103 Å². The molecule has 0 fully saturated rings. The minimum Gasteiger partial charge on any atom is -0.456 e. The third kappa shape index (κ3) is 5.09. The number of benzene rings is 8. The van der Waals surface area contributed by atoms with Crippen molar-refractivity contribution in [2.75, 3.05) is 9.80 Å². The molecule has 0 saturated carbocycles. The molecule has 4 heteroatoms. The Morgan fingerprint density at radius 1 is 0.288 bits per heavy atom. The van der Waals surface area contributed by atoms with Gasteiger partial charge in [0.2, 0.25) is 0 Å². The lowest BCUT2D eigenvalue weighted by Gasteiger charge is -2.29. The first kappa shape index (κ1) is 29.8. The van der Waals surface area contributed by atoms with Gasteiger partial charge in [-0.05, 0) is 102 Å². The molecule has 0 bridgehead atoms. The van der Waals surface area contributed by atoms with Crippen LogP contribution in [0.25, 0.3) is 55.0 Å². The molecule has 2 heterocycles. The van der Waals surface area contributed by atoms with Gasteiger partial charge in [0.05, 0.1) is 5.69 Å². The van der Waals surface area contributed by atoms with Crippen LogP contribution in [0.3, 0.4) is 0 Å². The van der Waals surface area contributed by atoms with Gasteiger partial charge in [0.25, 0.3) is 0 Å². The number of anilines is 6. The number of rotatable bonds is 7. The molecule has 4 nitrogen and oxygen atoms in total. The van der Waals surface area contributed by atoms with E-state index in [1.165, 1.54) is 0 Å². The summed E-state index contributed by atoms with van der Waals surface area (Å²) in [5, 5.41) is 4.31. The number of para-hydroxylation sites is 5. The van der Waals surface area contributed by atoms with Crippen LogP contribution in [0.1, 0.15) is 0 Å². The van der Waals surface area contributed by atoms with E-state index in [4.69, 9.17) is 8.83 Å². The minimum atomic E-state index is 0.820. The molecule has 0 spiro atoms. The Morgan fingerprint density at radius 3 is 1.29 bits per heavy atom.